The van der Waals surface area contributed by atoms with E-state index in [-0.39, 0.29) is 5.41 Å². The predicted molar refractivity (Wildman–Crippen MR) is 92.7 cm³/mol. The molecule has 1 unspecified atom stereocenters. The van der Waals surface area contributed by atoms with Crippen molar-refractivity contribution >= 4 is 12.8 Å². The first-order valence-corrected chi connectivity index (χ1v) is 8.82. The molecule has 3 nitrogen and oxygen atoms in total. The van der Waals surface area contributed by atoms with E-state index in [1.165, 1.54) is 24.9 Å². The molecule has 2 fully saturated rings. The zero-order valence-corrected chi connectivity index (χ0v) is 13.9. The molecule has 118 valence electrons. The molecule has 0 radical (unpaired) electrons. The molecule has 3 rings (SSSR count). The summed E-state index contributed by atoms with van der Waals surface area (Å²) in [6.07, 6.45) is 6.68. The summed E-state index contributed by atoms with van der Waals surface area (Å²) in [6.45, 7) is 2.29. The van der Waals surface area contributed by atoms with E-state index in [2.05, 4.69) is 40.6 Å². The van der Waals surface area contributed by atoms with Gasteiger partial charge in [-0.25, -0.2) is 0 Å². The Morgan fingerprint density at radius 3 is 2.55 bits per heavy atom. The monoisotopic (exact) mass is 315 g/mol. The number of hydrogen-bond acceptors (Lipinski definition) is 4. The Labute approximate surface area is 139 Å². The third-order valence-corrected chi connectivity index (χ3v) is 5.87. The molecule has 0 bridgehead atoms. The maximum atomic E-state index is 9.79. The van der Waals surface area contributed by atoms with Gasteiger partial charge in [-0.3, -0.25) is 9.62 Å². The van der Waals surface area contributed by atoms with Crippen LogP contribution in [0.1, 0.15) is 44.1 Å². The second kappa shape index (κ2) is 7.04. The summed E-state index contributed by atoms with van der Waals surface area (Å²) >= 11 is 4.24. The van der Waals surface area contributed by atoms with E-state index in [9.17, 15) is 5.26 Å². The van der Waals surface area contributed by atoms with Gasteiger partial charge in [0.15, 0.2) is 0 Å². The Kier molecular flexibility index (Phi) is 5.07. The molecule has 0 aromatic heterocycles. The summed E-state index contributed by atoms with van der Waals surface area (Å²) in [7, 11) is 0. The SMILES string of the molecule is N#CC1(c2ccccc2)CCC(N2CCCC(NS)C2)CC1. The van der Waals surface area contributed by atoms with Crippen LogP contribution in [-0.4, -0.2) is 30.1 Å². The standard InChI is InChI=1S/C18H25N3S/c19-14-18(15-5-2-1-3-6-15)10-8-17(9-11-18)21-12-4-7-16(13-21)20-22/h1-3,5-6,16-17,20,22H,4,7-13H2. The number of benzene rings is 1. The Balaban J connectivity index is 1.65. The Morgan fingerprint density at radius 2 is 1.91 bits per heavy atom. The fraction of sp³-hybridized carbons (Fsp3) is 0.611. The van der Waals surface area contributed by atoms with Crippen LogP contribution in [-0.2, 0) is 5.41 Å². The van der Waals surface area contributed by atoms with E-state index < -0.39 is 0 Å². The number of thiol groups is 1. The molecule has 2 aliphatic rings. The summed E-state index contributed by atoms with van der Waals surface area (Å²) < 4.78 is 3.13. The van der Waals surface area contributed by atoms with Crippen molar-refractivity contribution in [1.82, 2.24) is 9.62 Å². The van der Waals surface area contributed by atoms with Gasteiger partial charge in [-0.2, -0.15) is 5.26 Å². The number of nitriles is 1. The number of piperidine rings is 1. The van der Waals surface area contributed by atoms with Crippen molar-refractivity contribution in [2.45, 2.75) is 56.0 Å². The van der Waals surface area contributed by atoms with Crippen molar-refractivity contribution in [3.63, 3.8) is 0 Å². The van der Waals surface area contributed by atoms with E-state index in [0.717, 1.165) is 32.2 Å². The minimum Gasteiger partial charge on any atom is -0.299 e. The predicted octanol–water partition coefficient (Wildman–Crippen LogP) is 3.29. The van der Waals surface area contributed by atoms with Gasteiger partial charge < -0.3 is 0 Å². The number of hydrogen-bond donors (Lipinski definition) is 2. The van der Waals surface area contributed by atoms with Gasteiger partial charge in [-0.05, 0) is 50.6 Å². The molecule has 1 atom stereocenters. The quantitative estimate of drug-likeness (QED) is 0.841. The first-order chi connectivity index (χ1) is 10.8. The average molecular weight is 315 g/mol. The number of rotatable bonds is 3. The molecule has 1 aliphatic carbocycles. The fourth-order valence-electron chi connectivity index (χ4n) is 4.13. The highest BCUT2D eigenvalue weighted by Gasteiger charge is 2.39. The van der Waals surface area contributed by atoms with Crippen LogP contribution in [0.2, 0.25) is 0 Å². The van der Waals surface area contributed by atoms with E-state index in [1.54, 1.807) is 0 Å². The molecular formula is C18H25N3S. The average Bonchev–Trinajstić information content (AvgIpc) is 2.62. The van der Waals surface area contributed by atoms with Crippen LogP contribution in [0.15, 0.2) is 30.3 Å². The van der Waals surface area contributed by atoms with Crippen LogP contribution >= 0.6 is 12.8 Å². The van der Waals surface area contributed by atoms with Crippen molar-refractivity contribution in [2.75, 3.05) is 13.1 Å². The minimum atomic E-state index is -0.269. The van der Waals surface area contributed by atoms with Gasteiger partial charge in [0.05, 0.1) is 11.5 Å². The maximum Gasteiger partial charge on any atom is 0.0823 e. The zero-order valence-electron chi connectivity index (χ0n) is 13.0. The number of likely N-dealkylation sites (tertiary alicyclic amines) is 1. The Bertz CT molecular complexity index is 517. The summed E-state index contributed by atoms with van der Waals surface area (Å²) in [5, 5.41) is 9.79. The van der Waals surface area contributed by atoms with E-state index in [1.807, 2.05) is 18.2 Å². The lowest BCUT2D eigenvalue weighted by atomic mass is 9.69. The molecular weight excluding hydrogens is 290 g/mol. The molecule has 4 heteroatoms. The van der Waals surface area contributed by atoms with Crippen LogP contribution < -0.4 is 4.72 Å². The summed E-state index contributed by atoms with van der Waals surface area (Å²) in [6, 6.07) is 14.1. The fourth-order valence-corrected chi connectivity index (χ4v) is 4.34. The zero-order chi connectivity index (χ0) is 15.4. The highest BCUT2D eigenvalue weighted by atomic mass is 32.1. The number of nitrogens with one attached hydrogen (secondary N) is 1. The van der Waals surface area contributed by atoms with Crippen molar-refractivity contribution in [2.24, 2.45) is 0 Å². The van der Waals surface area contributed by atoms with Crippen LogP contribution in [0.4, 0.5) is 0 Å². The molecule has 0 amide bonds. The van der Waals surface area contributed by atoms with Crippen molar-refractivity contribution in [3.8, 4) is 6.07 Å². The largest absolute Gasteiger partial charge is 0.299 e. The Hall–Kier alpha value is -1.02. The molecule has 1 aliphatic heterocycles. The van der Waals surface area contributed by atoms with Crippen molar-refractivity contribution in [1.29, 1.82) is 5.26 Å². The molecule has 1 aromatic rings. The molecule has 1 saturated carbocycles. The second-order valence-electron chi connectivity index (χ2n) is 6.75. The first-order valence-electron chi connectivity index (χ1n) is 8.38. The van der Waals surface area contributed by atoms with Gasteiger partial charge in [0.1, 0.15) is 0 Å². The van der Waals surface area contributed by atoms with E-state index in [0.29, 0.717) is 12.1 Å². The maximum absolute atomic E-state index is 9.79. The van der Waals surface area contributed by atoms with Crippen molar-refractivity contribution < 1.29 is 0 Å². The molecule has 1 aromatic carbocycles. The van der Waals surface area contributed by atoms with E-state index in [4.69, 9.17) is 0 Å². The van der Waals surface area contributed by atoms with Gasteiger partial charge in [-0.1, -0.05) is 43.1 Å². The molecule has 1 heterocycles. The molecule has 0 spiro atoms. The van der Waals surface area contributed by atoms with Crippen LogP contribution in [0.3, 0.4) is 0 Å². The lowest BCUT2D eigenvalue weighted by Gasteiger charge is -2.43. The number of nitrogens with zero attached hydrogens (tertiary/aromatic N) is 2. The first kappa shape index (κ1) is 15.9. The van der Waals surface area contributed by atoms with Gasteiger partial charge in [0, 0.05) is 18.6 Å². The second-order valence-corrected chi connectivity index (χ2v) is 7.01. The van der Waals surface area contributed by atoms with Gasteiger partial charge in [-0.15, -0.1) is 0 Å². The summed E-state index contributed by atoms with van der Waals surface area (Å²) in [4.78, 5) is 2.61. The molecule has 22 heavy (non-hydrogen) atoms. The lowest BCUT2D eigenvalue weighted by Crippen LogP contribution is -2.50. The summed E-state index contributed by atoms with van der Waals surface area (Å²) in [5.41, 5.74) is 0.930. The van der Waals surface area contributed by atoms with Crippen LogP contribution in [0.25, 0.3) is 0 Å². The van der Waals surface area contributed by atoms with Gasteiger partial charge in [0.25, 0.3) is 0 Å². The normalized spacial score (nSPS) is 33.3. The molecule has 1 N–H and O–H groups in total. The van der Waals surface area contributed by atoms with Crippen LogP contribution in [0.5, 0.6) is 0 Å². The van der Waals surface area contributed by atoms with Gasteiger partial charge in [0.2, 0.25) is 0 Å². The van der Waals surface area contributed by atoms with E-state index >= 15 is 0 Å². The summed E-state index contributed by atoms with van der Waals surface area (Å²) in [5.74, 6) is 0. The minimum absolute atomic E-state index is 0.269. The molecule has 1 saturated heterocycles. The Morgan fingerprint density at radius 1 is 1.18 bits per heavy atom. The highest BCUT2D eigenvalue weighted by Crippen LogP contribution is 2.40. The van der Waals surface area contributed by atoms with Crippen molar-refractivity contribution in [3.05, 3.63) is 35.9 Å². The lowest BCUT2D eigenvalue weighted by molar-refractivity contribution is 0.103. The third-order valence-electron chi connectivity index (χ3n) is 5.50. The third kappa shape index (κ3) is 3.17. The topological polar surface area (TPSA) is 39.1 Å². The highest BCUT2D eigenvalue weighted by molar-refractivity contribution is 7.78. The van der Waals surface area contributed by atoms with Gasteiger partial charge >= 0.3 is 0 Å². The van der Waals surface area contributed by atoms with Crippen LogP contribution in [0, 0.1) is 11.3 Å². The smallest absolute Gasteiger partial charge is 0.0823 e.